The van der Waals surface area contributed by atoms with Gasteiger partial charge in [0.2, 0.25) is 10.0 Å². The van der Waals surface area contributed by atoms with Gasteiger partial charge >= 0.3 is 0 Å². The van der Waals surface area contributed by atoms with Gasteiger partial charge in [-0.15, -0.1) is 0 Å². The summed E-state index contributed by atoms with van der Waals surface area (Å²) in [6.07, 6.45) is 4.93. The Bertz CT molecular complexity index is 469. The van der Waals surface area contributed by atoms with Gasteiger partial charge in [-0.2, -0.15) is 0 Å². The number of rotatable bonds is 8. The Hall–Kier alpha value is -0.910. The van der Waals surface area contributed by atoms with E-state index < -0.39 is 10.0 Å². The summed E-state index contributed by atoms with van der Waals surface area (Å²) in [5, 5.41) is 8.49. The molecule has 1 aromatic carbocycles. The lowest BCUT2D eigenvalue weighted by atomic mass is 10.1. The van der Waals surface area contributed by atoms with Gasteiger partial charge in [-0.1, -0.05) is 38.3 Å². The number of hydrogen-bond acceptors (Lipinski definition) is 3. The summed E-state index contributed by atoms with van der Waals surface area (Å²) in [7, 11) is -3.59. The van der Waals surface area contributed by atoms with Crippen LogP contribution in [0.25, 0.3) is 0 Å². The molecular weight excluding hydrogens is 260 g/mol. The molecule has 0 radical (unpaired) electrons. The molecule has 0 aliphatic heterocycles. The third kappa shape index (κ3) is 6.18. The molecule has 108 valence electrons. The van der Waals surface area contributed by atoms with Crippen molar-refractivity contribution in [2.75, 3.05) is 0 Å². The van der Waals surface area contributed by atoms with E-state index in [1.807, 2.05) is 0 Å². The second-order valence-corrected chi connectivity index (χ2v) is 6.53. The van der Waals surface area contributed by atoms with Gasteiger partial charge < -0.3 is 5.32 Å². The Morgan fingerprint density at radius 2 is 1.84 bits per heavy atom. The zero-order chi connectivity index (χ0) is 14.3. The molecular formula is C14H24N2O2S. The molecule has 0 saturated heterocycles. The molecule has 0 fully saturated rings. The summed E-state index contributed by atoms with van der Waals surface area (Å²) in [5.41, 5.74) is 1.06. The van der Waals surface area contributed by atoms with E-state index >= 15 is 0 Å². The van der Waals surface area contributed by atoms with Crippen LogP contribution in [0.4, 0.5) is 0 Å². The van der Waals surface area contributed by atoms with Crippen molar-refractivity contribution < 1.29 is 8.42 Å². The number of primary sulfonamides is 1. The van der Waals surface area contributed by atoms with Gasteiger partial charge in [0.1, 0.15) is 0 Å². The monoisotopic (exact) mass is 284 g/mol. The van der Waals surface area contributed by atoms with Crippen LogP contribution in [0.2, 0.25) is 0 Å². The summed E-state index contributed by atoms with van der Waals surface area (Å²) in [5.74, 6) is 0. The third-order valence-electron chi connectivity index (χ3n) is 3.15. The first kappa shape index (κ1) is 16.1. The van der Waals surface area contributed by atoms with Crippen molar-refractivity contribution in [3.63, 3.8) is 0 Å². The van der Waals surface area contributed by atoms with Crippen LogP contribution >= 0.6 is 0 Å². The van der Waals surface area contributed by atoms with Gasteiger partial charge in [-0.25, -0.2) is 13.6 Å². The van der Waals surface area contributed by atoms with Crippen molar-refractivity contribution in [1.29, 1.82) is 0 Å². The highest BCUT2D eigenvalue weighted by Gasteiger charge is 2.07. The molecule has 1 aromatic rings. The van der Waals surface area contributed by atoms with Crippen molar-refractivity contribution in [3.05, 3.63) is 29.8 Å². The first-order valence-corrected chi connectivity index (χ1v) is 8.33. The predicted octanol–water partition coefficient (Wildman–Crippen LogP) is 2.39. The van der Waals surface area contributed by atoms with E-state index in [9.17, 15) is 8.42 Å². The number of unbranched alkanes of at least 4 members (excludes halogenated alkanes) is 2. The average Bonchev–Trinajstić information content (AvgIpc) is 2.36. The molecule has 1 unspecified atom stereocenters. The van der Waals surface area contributed by atoms with Crippen LogP contribution in [0.3, 0.4) is 0 Å². The summed E-state index contributed by atoms with van der Waals surface area (Å²) >= 11 is 0. The molecule has 0 saturated carbocycles. The number of nitrogens with one attached hydrogen (secondary N) is 1. The fraction of sp³-hybridized carbons (Fsp3) is 0.571. The van der Waals surface area contributed by atoms with E-state index in [2.05, 4.69) is 19.2 Å². The number of nitrogens with two attached hydrogens (primary N) is 1. The topological polar surface area (TPSA) is 72.2 Å². The molecule has 3 N–H and O–H groups in total. The summed E-state index contributed by atoms with van der Waals surface area (Å²) in [4.78, 5) is 0.159. The molecule has 19 heavy (non-hydrogen) atoms. The second kappa shape index (κ2) is 7.62. The molecule has 0 spiro atoms. The Kier molecular flexibility index (Phi) is 6.48. The minimum absolute atomic E-state index is 0.159. The molecule has 0 amide bonds. The van der Waals surface area contributed by atoms with E-state index in [0.29, 0.717) is 6.04 Å². The van der Waals surface area contributed by atoms with Crippen molar-refractivity contribution >= 4 is 10.0 Å². The van der Waals surface area contributed by atoms with Crippen molar-refractivity contribution in [1.82, 2.24) is 5.32 Å². The number of sulfonamides is 1. The average molecular weight is 284 g/mol. The SMILES string of the molecule is CCCCCC(C)NCc1ccc(S(N)(=O)=O)cc1. The van der Waals surface area contributed by atoms with Crippen molar-refractivity contribution in [2.24, 2.45) is 5.14 Å². The third-order valence-corrected chi connectivity index (χ3v) is 4.08. The molecule has 1 atom stereocenters. The zero-order valence-electron chi connectivity index (χ0n) is 11.7. The molecule has 0 bridgehead atoms. The molecule has 0 heterocycles. The van der Waals surface area contributed by atoms with Gasteiger partial charge in [0.15, 0.2) is 0 Å². The highest BCUT2D eigenvalue weighted by Crippen LogP contribution is 2.09. The summed E-state index contributed by atoms with van der Waals surface area (Å²) in [6.45, 7) is 5.12. The van der Waals surface area contributed by atoms with Crippen LogP contribution in [0.1, 0.15) is 45.1 Å². The van der Waals surface area contributed by atoms with E-state index in [4.69, 9.17) is 5.14 Å². The Labute approximate surface area is 116 Å². The van der Waals surface area contributed by atoms with Gasteiger partial charge in [-0.05, 0) is 31.0 Å². The number of benzene rings is 1. The predicted molar refractivity (Wildman–Crippen MR) is 78.3 cm³/mol. The van der Waals surface area contributed by atoms with Crippen LogP contribution in [0.15, 0.2) is 29.2 Å². The largest absolute Gasteiger partial charge is 0.310 e. The quantitative estimate of drug-likeness (QED) is 0.720. The normalized spacial score (nSPS) is 13.4. The van der Waals surface area contributed by atoms with E-state index in [1.165, 1.54) is 25.7 Å². The first-order valence-electron chi connectivity index (χ1n) is 6.78. The molecule has 4 nitrogen and oxygen atoms in total. The Morgan fingerprint density at radius 1 is 1.21 bits per heavy atom. The van der Waals surface area contributed by atoms with E-state index in [0.717, 1.165) is 12.1 Å². The van der Waals surface area contributed by atoms with Crippen LogP contribution < -0.4 is 10.5 Å². The van der Waals surface area contributed by atoms with Crippen LogP contribution in [0, 0.1) is 0 Å². The minimum atomic E-state index is -3.59. The van der Waals surface area contributed by atoms with Gasteiger partial charge in [0.05, 0.1) is 4.90 Å². The lowest BCUT2D eigenvalue weighted by molar-refractivity contribution is 0.487. The fourth-order valence-electron chi connectivity index (χ4n) is 1.89. The Morgan fingerprint density at radius 3 is 2.37 bits per heavy atom. The second-order valence-electron chi connectivity index (χ2n) is 4.97. The van der Waals surface area contributed by atoms with Crippen LogP contribution in [-0.2, 0) is 16.6 Å². The molecule has 5 heteroatoms. The highest BCUT2D eigenvalue weighted by molar-refractivity contribution is 7.89. The fourth-order valence-corrected chi connectivity index (χ4v) is 2.41. The first-order chi connectivity index (χ1) is 8.93. The minimum Gasteiger partial charge on any atom is -0.310 e. The van der Waals surface area contributed by atoms with Crippen molar-refractivity contribution in [3.8, 4) is 0 Å². The molecule has 0 aromatic heterocycles. The van der Waals surface area contributed by atoms with E-state index in [-0.39, 0.29) is 4.90 Å². The van der Waals surface area contributed by atoms with Gasteiger partial charge in [-0.3, -0.25) is 0 Å². The maximum Gasteiger partial charge on any atom is 0.238 e. The molecule has 0 aliphatic carbocycles. The zero-order valence-corrected chi connectivity index (χ0v) is 12.5. The van der Waals surface area contributed by atoms with Crippen LogP contribution in [0.5, 0.6) is 0 Å². The summed E-state index contributed by atoms with van der Waals surface area (Å²) in [6, 6.07) is 7.17. The number of hydrogen-bond donors (Lipinski definition) is 2. The lowest BCUT2D eigenvalue weighted by Crippen LogP contribution is -2.25. The van der Waals surface area contributed by atoms with Crippen LogP contribution in [-0.4, -0.2) is 14.5 Å². The van der Waals surface area contributed by atoms with Gasteiger partial charge in [0.25, 0.3) is 0 Å². The maximum absolute atomic E-state index is 11.1. The molecule has 1 rings (SSSR count). The van der Waals surface area contributed by atoms with E-state index in [1.54, 1.807) is 24.3 Å². The lowest BCUT2D eigenvalue weighted by Gasteiger charge is -2.13. The maximum atomic E-state index is 11.1. The van der Waals surface area contributed by atoms with Crippen molar-refractivity contribution in [2.45, 2.75) is 57.0 Å². The highest BCUT2D eigenvalue weighted by atomic mass is 32.2. The molecule has 0 aliphatic rings. The summed E-state index contributed by atoms with van der Waals surface area (Å²) < 4.78 is 22.2. The smallest absolute Gasteiger partial charge is 0.238 e. The van der Waals surface area contributed by atoms with Gasteiger partial charge in [0, 0.05) is 12.6 Å². The Balaban J connectivity index is 2.42. The standard InChI is InChI=1S/C14H24N2O2S/c1-3-4-5-6-12(2)16-11-13-7-9-14(10-8-13)19(15,17)18/h7-10,12,16H,3-6,11H2,1-2H3,(H2,15,17,18).